The van der Waals surface area contributed by atoms with Crippen molar-refractivity contribution in [2.24, 2.45) is 0 Å². The van der Waals surface area contributed by atoms with E-state index in [2.05, 4.69) is 4.98 Å². The summed E-state index contributed by atoms with van der Waals surface area (Å²) in [6.45, 7) is -0.0763. The highest BCUT2D eigenvalue weighted by Gasteiger charge is 2.21. The second-order valence-corrected chi connectivity index (χ2v) is 6.26. The van der Waals surface area contributed by atoms with Crippen LogP contribution < -0.4 is 4.90 Å². The Morgan fingerprint density at radius 2 is 1.95 bits per heavy atom. The number of carbonyl (C=O) groups is 1. The van der Waals surface area contributed by atoms with Crippen molar-refractivity contribution in [3.63, 3.8) is 0 Å². The molecule has 0 radical (unpaired) electrons. The Labute approximate surface area is 112 Å². The molecule has 0 atom stereocenters. The number of hydrogen-bond donors (Lipinski definition) is 1. The van der Waals surface area contributed by atoms with Gasteiger partial charge in [-0.2, -0.15) is 0 Å². The largest absolute Gasteiger partial charge is 0.481 e. The number of aromatic nitrogens is 1. The van der Waals surface area contributed by atoms with Crippen LogP contribution in [0.25, 0.3) is 0 Å². The predicted octanol–water partition coefficient (Wildman–Crippen LogP) is 0.243. The molecule has 19 heavy (non-hydrogen) atoms. The molecule has 106 valence electrons. The Kier molecular flexibility index (Phi) is 4.84. The van der Waals surface area contributed by atoms with Crippen molar-refractivity contribution in [3.8, 4) is 0 Å². The van der Waals surface area contributed by atoms with Gasteiger partial charge in [-0.3, -0.25) is 4.79 Å². The van der Waals surface area contributed by atoms with E-state index >= 15 is 0 Å². The predicted molar refractivity (Wildman–Crippen MR) is 70.6 cm³/mol. The fraction of sp³-hybridized carbons (Fsp3) is 0.455. The van der Waals surface area contributed by atoms with Crippen molar-refractivity contribution < 1.29 is 18.3 Å². The number of nitrogens with zero attached hydrogens (tertiary/aromatic N) is 3. The standard InChI is InChI=1S/C11H17N3O4S/c1-13(2)10-5-4-9(8-12-10)19(17,18)14(3)7-6-11(15)16/h4-5,8H,6-7H2,1-3H3,(H,15,16). The van der Waals surface area contributed by atoms with E-state index < -0.39 is 16.0 Å². The number of carboxylic acids is 1. The van der Waals surface area contributed by atoms with E-state index in [1.165, 1.54) is 19.3 Å². The first-order chi connectivity index (χ1) is 8.75. The fourth-order valence-electron chi connectivity index (χ4n) is 1.34. The molecule has 1 aromatic heterocycles. The van der Waals surface area contributed by atoms with Crippen LogP contribution >= 0.6 is 0 Å². The molecule has 1 rings (SSSR count). The Morgan fingerprint density at radius 3 is 2.37 bits per heavy atom. The lowest BCUT2D eigenvalue weighted by Gasteiger charge is -2.17. The van der Waals surface area contributed by atoms with Gasteiger partial charge in [0.25, 0.3) is 0 Å². The van der Waals surface area contributed by atoms with Crippen molar-refractivity contribution in [2.45, 2.75) is 11.3 Å². The number of rotatable bonds is 6. The molecule has 0 bridgehead atoms. The summed E-state index contributed by atoms with van der Waals surface area (Å²) in [5.74, 6) is -0.393. The molecule has 0 aliphatic heterocycles. The van der Waals surface area contributed by atoms with E-state index in [0.717, 1.165) is 4.31 Å². The lowest BCUT2D eigenvalue weighted by molar-refractivity contribution is -0.137. The fourth-order valence-corrected chi connectivity index (χ4v) is 2.46. The number of carboxylic acid groups (broad SMARTS) is 1. The van der Waals surface area contributed by atoms with Gasteiger partial charge in [-0.1, -0.05) is 0 Å². The van der Waals surface area contributed by atoms with Gasteiger partial charge in [0.2, 0.25) is 10.0 Å². The summed E-state index contributed by atoms with van der Waals surface area (Å²) in [6, 6.07) is 3.05. The summed E-state index contributed by atoms with van der Waals surface area (Å²) >= 11 is 0. The third-order valence-electron chi connectivity index (χ3n) is 2.53. The number of sulfonamides is 1. The van der Waals surface area contributed by atoms with Crippen LogP contribution in [0.4, 0.5) is 5.82 Å². The van der Waals surface area contributed by atoms with Crippen LogP contribution in [0.5, 0.6) is 0 Å². The van der Waals surface area contributed by atoms with Crippen LogP contribution in [0.15, 0.2) is 23.2 Å². The Morgan fingerprint density at radius 1 is 1.32 bits per heavy atom. The maximum atomic E-state index is 12.1. The molecular formula is C11H17N3O4S. The molecule has 0 aliphatic rings. The lowest BCUT2D eigenvalue weighted by Crippen LogP contribution is -2.29. The van der Waals surface area contributed by atoms with Crippen molar-refractivity contribution in [1.29, 1.82) is 0 Å². The van der Waals surface area contributed by atoms with Gasteiger partial charge in [-0.25, -0.2) is 17.7 Å². The quantitative estimate of drug-likeness (QED) is 0.806. The molecule has 0 saturated heterocycles. The minimum absolute atomic E-state index is 0.0472. The third-order valence-corrected chi connectivity index (χ3v) is 4.37. The minimum atomic E-state index is -3.69. The molecule has 0 amide bonds. The number of hydrogen-bond acceptors (Lipinski definition) is 5. The molecule has 0 aliphatic carbocycles. The van der Waals surface area contributed by atoms with Crippen molar-refractivity contribution >= 4 is 21.8 Å². The average Bonchev–Trinajstić information content (AvgIpc) is 2.35. The van der Waals surface area contributed by atoms with Gasteiger partial charge in [0, 0.05) is 33.9 Å². The second-order valence-electron chi connectivity index (χ2n) is 4.22. The van der Waals surface area contributed by atoms with Crippen LogP contribution in [0.2, 0.25) is 0 Å². The van der Waals surface area contributed by atoms with Crippen molar-refractivity contribution in [3.05, 3.63) is 18.3 Å². The third kappa shape index (κ3) is 3.90. The molecule has 0 aromatic carbocycles. The zero-order chi connectivity index (χ0) is 14.6. The molecule has 0 spiro atoms. The Bertz CT molecular complexity index is 540. The van der Waals surface area contributed by atoms with Crippen molar-refractivity contribution in [1.82, 2.24) is 9.29 Å². The van der Waals surface area contributed by atoms with Crippen LogP contribution in [0.3, 0.4) is 0 Å². The van der Waals surface area contributed by atoms with E-state index in [1.54, 1.807) is 25.1 Å². The summed E-state index contributed by atoms with van der Waals surface area (Å²) in [5.41, 5.74) is 0. The molecule has 1 aromatic rings. The monoisotopic (exact) mass is 287 g/mol. The first kappa shape index (κ1) is 15.4. The van der Waals surface area contributed by atoms with E-state index in [9.17, 15) is 13.2 Å². The minimum Gasteiger partial charge on any atom is -0.481 e. The molecular weight excluding hydrogens is 270 g/mol. The smallest absolute Gasteiger partial charge is 0.304 e. The average molecular weight is 287 g/mol. The summed E-state index contributed by atoms with van der Waals surface area (Å²) < 4.78 is 25.2. The Hall–Kier alpha value is -1.67. The summed E-state index contributed by atoms with van der Waals surface area (Å²) in [6.07, 6.45) is 1.03. The van der Waals surface area contributed by atoms with Gasteiger partial charge in [-0.05, 0) is 12.1 Å². The van der Waals surface area contributed by atoms with Crippen LogP contribution in [-0.4, -0.2) is 56.5 Å². The summed E-state index contributed by atoms with van der Waals surface area (Å²) in [4.78, 5) is 16.3. The lowest BCUT2D eigenvalue weighted by atomic mass is 10.4. The maximum Gasteiger partial charge on any atom is 0.304 e. The molecule has 0 fully saturated rings. The van der Waals surface area contributed by atoms with Gasteiger partial charge in [-0.15, -0.1) is 0 Å². The molecule has 0 saturated carbocycles. The normalized spacial score (nSPS) is 11.6. The number of pyridine rings is 1. The van der Waals surface area contributed by atoms with E-state index in [0.29, 0.717) is 5.82 Å². The van der Waals surface area contributed by atoms with Crippen LogP contribution in [0, 0.1) is 0 Å². The van der Waals surface area contributed by atoms with Gasteiger partial charge in [0.05, 0.1) is 6.42 Å². The SMILES string of the molecule is CN(C)c1ccc(S(=O)(=O)N(C)CCC(=O)O)cn1. The topological polar surface area (TPSA) is 90.8 Å². The second kappa shape index (κ2) is 5.98. The number of anilines is 1. The van der Waals surface area contributed by atoms with Gasteiger partial charge in [0.15, 0.2) is 0 Å². The van der Waals surface area contributed by atoms with Crippen LogP contribution in [-0.2, 0) is 14.8 Å². The van der Waals surface area contributed by atoms with E-state index in [4.69, 9.17) is 5.11 Å². The van der Waals surface area contributed by atoms with Crippen molar-refractivity contribution in [2.75, 3.05) is 32.6 Å². The first-order valence-electron chi connectivity index (χ1n) is 5.56. The van der Waals surface area contributed by atoms with Crippen LogP contribution in [0.1, 0.15) is 6.42 Å². The highest BCUT2D eigenvalue weighted by Crippen LogP contribution is 2.16. The molecule has 0 unspecified atom stereocenters. The summed E-state index contributed by atoms with van der Waals surface area (Å²) in [5, 5.41) is 8.56. The molecule has 1 heterocycles. The first-order valence-corrected chi connectivity index (χ1v) is 7.00. The zero-order valence-electron chi connectivity index (χ0n) is 11.1. The highest BCUT2D eigenvalue weighted by atomic mass is 32.2. The van der Waals surface area contributed by atoms with E-state index in [-0.39, 0.29) is 17.9 Å². The Balaban J connectivity index is 2.90. The maximum absolute atomic E-state index is 12.1. The van der Waals surface area contributed by atoms with Gasteiger partial charge < -0.3 is 10.0 Å². The zero-order valence-corrected chi connectivity index (χ0v) is 11.9. The molecule has 1 N–H and O–H groups in total. The highest BCUT2D eigenvalue weighted by molar-refractivity contribution is 7.89. The molecule has 8 heteroatoms. The van der Waals surface area contributed by atoms with Gasteiger partial charge in [0.1, 0.15) is 10.7 Å². The number of aliphatic carboxylic acids is 1. The molecule has 7 nitrogen and oxygen atoms in total. The van der Waals surface area contributed by atoms with E-state index in [1.807, 2.05) is 0 Å². The summed E-state index contributed by atoms with van der Waals surface area (Å²) in [7, 11) is 1.26. The van der Waals surface area contributed by atoms with Gasteiger partial charge >= 0.3 is 5.97 Å².